The lowest BCUT2D eigenvalue weighted by molar-refractivity contribution is 1.00. The monoisotopic (exact) mass is 290 g/mol. The highest BCUT2D eigenvalue weighted by Crippen LogP contribution is 1.98. The maximum atomic E-state index is 12.1. The standard InChI is InChI=1S/C18H14N2O2/c21-17-15(11-13-7-3-1-4-8-13)19-18(22)16(20-17)12-14-9-5-2-6-10-14/h1-12H,(H,19,22)(H,20,21)/b15-11-,16-12+. The van der Waals surface area contributed by atoms with Gasteiger partial charge in [-0.25, -0.2) is 0 Å². The Hall–Kier alpha value is -3.14. The molecule has 4 heteroatoms. The van der Waals surface area contributed by atoms with Crippen molar-refractivity contribution in [3.8, 4) is 0 Å². The van der Waals surface area contributed by atoms with Crippen LogP contribution in [0.3, 0.4) is 0 Å². The van der Waals surface area contributed by atoms with Crippen LogP contribution in [0.2, 0.25) is 0 Å². The van der Waals surface area contributed by atoms with Gasteiger partial charge in [-0.05, 0) is 23.3 Å². The summed E-state index contributed by atoms with van der Waals surface area (Å²) in [4.78, 5) is 29.5. The van der Waals surface area contributed by atoms with Gasteiger partial charge in [0.05, 0.1) is 0 Å². The summed E-state index contributed by atoms with van der Waals surface area (Å²) in [5.74, 6) is 0. The maximum absolute atomic E-state index is 12.1. The normalized spacial score (nSPS) is 12.5. The molecule has 0 radical (unpaired) electrons. The maximum Gasteiger partial charge on any atom is 0.272 e. The molecule has 0 fully saturated rings. The minimum Gasteiger partial charge on any atom is -0.316 e. The molecular weight excluding hydrogens is 276 g/mol. The molecule has 0 atom stereocenters. The zero-order valence-electron chi connectivity index (χ0n) is 11.7. The van der Waals surface area contributed by atoms with Crippen LogP contribution in [0, 0.1) is 0 Å². The number of aromatic nitrogens is 2. The lowest BCUT2D eigenvalue weighted by Gasteiger charge is -1.94. The van der Waals surface area contributed by atoms with Crippen LogP contribution in [-0.2, 0) is 0 Å². The summed E-state index contributed by atoms with van der Waals surface area (Å²) in [5, 5.41) is 0.475. The number of aromatic amines is 2. The van der Waals surface area contributed by atoms with Gasteiger partial charge in [0.2, 0.25) is 0 Å². The minimum absolute atomic E-state index is 0.237. The van der Waals surface area contributed by atoms with E-state index < -0.39 is 0 Å². The largest absolute Gasteiger partial charge is 0.316 e. The summed E-state index contributed by atoms with van der Waals surface area (Å²) in [7, 11) is 0. The third kappa shape index (κ3) is 3.12. The van der Waals surface area contributed by atoms with Crippen LogP contribution in [0.4, 0.5) is 0 Å². The molecule has 0 aliphatic carbocycles. The number of benzene rings is 2. The molecule has 108 valence electrons. The van der Waals surface area contributed by atoms with E-state index in [0.717, 1.165) is 11.1 Å². The molecule has 4 nitrogen and oxygen atoms in total. The molecule has 0 saturated carbocycles. The van der Waals surface area contributed by atoms with Gasteiger partial charge in [-0.2, -0.15) is 0 Å². The molecule has 1 aromatic heterocycles. The molecule has 0 aliphatic heterocycles. The molecule has 0 bridgehead atoms. The average molecular weight is 290 g/mol. The van der Waals surface area contributed by atoms with Gasteiger partial charge in [0.1, 0.15) is 10.7 Å². The molecule has 0 saturated heterocycles. The number of rotatable bonds is 2. The van der Waals surface area contributed by atoms with E-state index in [9.17, 15) is 9.59 Å². The first-order valence-corrected chi connectivity index (χ1v) is 6.88. The van der Waals surface area contributed by atoms with Gasteiger partial charge < -0.3 is 9.97 Å². The zero-order valence-corrected chi connectivity index (χ0v) is 11.7. The number of hydrogen-bond donors (Lipinski definition) is 2. The van der Waals surface area contributed by atoms with Gasteiger partial charge in [-0.1, -0.05) is 60.7 Å². The molecule has 1 heterocycles. The zero-order chi connectivity index (χ0) is 15.4. The van der Waals surface area contributed by atoms with E-state index in [1.165, 1.54) is 0 Å². The van der Waals surface area contributed by atoms with Gasteiger partial charge in [0.15, 0.2) is 0 Å². The van der Waals surface area contributed by atoms with E-state index in [1.807, 2.05) is 60.7 Å². The van der Waals surface area contributed by atoms with E-state index in [0.29, 0.717) is 0 Å². The van der Waals surface area contributed by atoms with Crippen LogP contribution in [0.5, 0.6) is 0 Å². The quantitative estimate of drug-likeness (QED) is 0.730. The predicted octanol–water partition coefficient (Wildman–Crippen LogP) is 0.721. The van der Waals surface area contributed by atoms with E-state index in [4.69, 9.17) is 0 Å². The molecule has 2 N–H and O–H groups in total. The van der Waals surface area contributed by atoms with Crippen molar-refractivity contribution in [2.24, 2.45) is 0 Å². The van der Waals surface area contributed by atoms with Crippen molar-refractivity contribution < 1.29 is 0 Å². The topological polar surface area (TPSA) is 65.7 Å². The fraction of sp³-hybridized carbons (Fsp3) is 0. The molecule has 22 heavy (non-hydrogen) atoms. The second kappa shape index (κ2) is 6.10. The van der Waals surface area contributed by atoms with Crippen LogP contribution in [0.15, 0.2) is 70.3 Å². The molecule has 2 aromatic carbocycles. The Bertz CT molecular complexity index is 915. The van der Waals surface area contributed by atoms with Crippen molar-refractivity contribution in [3.63, 3.8) is 0 Å². The van der Waals surface area contributed by atoms with Gasteiger partial charge in [-0.15, -0.1) is 0 Å². The van der Waals surface area contributed by atoms with Crippen molar-refractivity contribution >= 4 is 12.2 Å². The Labute approximate surface area is 126 Å². The summed E-state index contributed by atoms with van der Waals surface area (Å²) in [5.41, 5.74) is 1.04. The lowest BCUT2D eigenvalue weighted by Crippen LogP contribution is -2.46. The van der Waals surface area contributed by atoms with Gasteiger partial charge >= 0.3 is 0 Å². The van der Waals surface area contributed by atoms with Gasteiger partial charge in [0, 0.05) is 0 Å². The Morgan fingerprint density at radius 1 is 0.591 bits per heavy atom. The van der Waals surface area contributed by atoms with E-state index in [2.05, 4.69) is 9.97 Å². The highest BCUT2D eigenvalue weighted by Gasteiger charge is 1.96. The molecule has 3 aromatic rings. The highest BCUT2D eigenvalue weighted by atomic mass is 16.1. The lowest BCUT2D eigenvalue weighted by atomic mass is 10.2. The first kappa shape index (κ1) is 13.8. The Balaban J connectivity index is 2.14. The molecule has 0 aliphatic rings. The van der Waals surface area contributed by atoms with Crippen molar-refractivity contribution in [2.45, 2.75) is 0 Å². The smallest absolute Gasteiger partial charge is 0.272 e. The third-order valence-electron chi connectivity index (χ3n) is 3.21. The molecule has 0 spiro atoms. The first-order valence-electron chi connectivity index (χ1n) is 6.88. The second-order valence-corrected chi connectivity index (χ2v) is 4.85. The number of nitrogens with one attached hydrogen (secondary N) is 2. The van der Waals surface area contributed by atoms with Crippen LogP contribution >= 0.6 is 0 Å². The summed E-state index contributed by atoms with van der Waals surface area (Å²) in [6, 6.07) is 18.7. The number of hydrogen-bond acceptors (Lipinski definition) is 2. The van der Waals surface area contributed by atoms with Crippen LogP contribution < -0.4 is 21.8 Å². The first-order chi connectivity index (χ1) is 10.7. The minimum atomic E-state index is -0.328. The van der Waals surface area contributed by atoms with Crippen LogP contribution in [0.25, 0.3) is 12.2 Å². The Kier molecular flexibility index (Phi) is 3.83. The number of H-pyrrole nitrogens is 2. The second-order valence-electron chi connectivity index (χ2n) is 4.85. The third-order valence-corrected chi connectivity index (χ3v) is 3.21. The van der Waals surface area contributed by atoms with Crippen molar-refractivity contribution in [1.82, 2.24) is 9.97 Å². The van der Waals surface area contributed by atoms with E-state index in [1.54, 1.807) is 12.2 Å². The summed E-state index contributed by atoms with van der Waals surface area (Å²) < 4.78 is 0. The Morgan fingerprint density at radius 3 is 1.32 bits per heavy atom. The average Bonchev–Trinajstić information content (AvgIpc) is 2.54. The van der Waals surface area contributed by atoms with Gasteiger partial charge in [0.25, 0.3) is 11.1 Å². The summed E-state index contributed by atoms with van der Waals surface area (Å²) in [6.07, 6.45) is 3.29. The molecular formula is C18H14N2O2. The predicted molar refractivity (Wildman–Crippen MR) is 87.0 cm³/mol. The van der Waals surface area contributed by atoms with Gasteiger partial charge in [-0.3, -0.25) is 9.59 Å². The van der Waals surface area contributed by atoms with Crippen molar-refractivity contribution in [2.75, 3.05) is 0 Å². The summed E-state index contributed by atoms with van der Waals surface area (Å²) >= 11 is 0. The molecule has 0 unspecified atom stereocenters. The van der Waals surface area contributed by atoms with Crippen molar-refractivity contribution in [3.05, 3.63) is 103 Å². The van der Waals surface area contributed by atoms with E-state index in [-0.39, 0.29) is 21.8 Å². The Morgan fingerprint density at radius 2 is 0.955 bits per heavy atom. The van der Waals surface area contributed by atoms with Crippen LogP contribution in [-0.4, -0.2) is 9.97 Å². The fourth-order valence-electron chi connectivity index (χ4n) is 2.13. The fourth-order valence-corrected chi connectivity index (χ4v) is 2.13. The molecule has 3 rings (SSSR count). The van der Waals surface area contributed by atoms with Crippen molar-refractivity contribution in [1.29, 1.82) is 0 Å². The summed E-state index contributed by atoms with van der Waals surface area (Å²) in [6.45, 7) is 0. The highest BCUT2D eigenvalue weighted by molar-refractivity contribution is 5.49. The van der Waals surface area contributed by atoms with E-state index >= 15 is 0 Å². The molecule has 0 amide bonds. The SMILES string of the molecule is O=c1[nH]/c(=C/c2ccccc2)c(=O)[nH]/c1=C\c1ccccc1. The van der Waals surface area contributed by atoms with Crippen LogP contribution in [0.1, 0.15) is 11.1 Å².